The molecule has 0 amide bonds. The van der Waals surface area contributed by atoms with Gasteiger partial charge in [0, 0.05) is 62.5 Å². The van der Waals surface area contributed by atoms with Crippen LogP contribution in [0, 0.1) is 0 Å². The van der Waals surface area contributed by atoms with Crippen molar-refractivity contribution in [1.82, 2.24) is 23.8 Å². The quantitative estimate of drug-likeness (QED) is 0.188. The maximum atomic E-state index is 6.64. The summed E-state index contributed by atoms with van der Waals surface area (Å²) in [6, 6.07) is 35.8. The van der Waals surface area contributed by atoms with Crippen LogP contribution in [0.15, 0.2) is 122 Å². The molecule has 0 spiro atoms. The van der Waals surface area contributed by atoms with Gasteiger partial charge in [0.1, 0.15) is 28.4 Å². The van der Waals surface area contributed by atoms with Crippen molar-refractivity contribution in [3.8, 4) is 22.8 Å². The Morgan fingerprint density at radius 3 is 2.21 bits per heavy atom. The predicted octanol–water partition coefficient (Wildman–Crippen LogP) is 10.3. The fourth-order valence-corrected chi connectivity index (χ4v) is 7.46. The number of nitrogens with zero attached hydrogens (tertiary/aromatic N) is 5. The number of hydrogen-bond acceptors (Lipinski definition) is 4. The van der Waals surface area contributed by atoms with Crippen LogP contribution >= 0.6 is 0 Å². The Balaban J connectivity index is 1.16. The number of ether oxygens (including phenoxy) is 1. The molecule has 47 heavy (non-hydrogen) atoms. The number of imidazole rings is 1. The van der Waals surface area contributed by atoms with Crippen LogP contribution in [0.25, 0.3) is 76.9 Å². The Morgan fingerprint density at radius 2 is 1.36 bits per heavy atom. The van der Waals surface area contributed by atoms with Gasteiger partial charge in [-0.25, -0.2) is 15.0 Å². The first-order chi connectivity index (χ1) is 22.9. The number of benzene rings is 4. The largest absolute Gasteiger partial charge is 0.457 e. The first-order valence-corrected chi connectivity index (χ1v) is 15.9. The minimum Gasteiger partial charge on any atom is -0.457 e. The molecule has 224 valence electrons. The van der Waals surface area contributed by atoms with E-state index in [1.165, 1.54) is 32.6 Å². The van der Waals surface area contributed by atoms with Crippen LogP contribution in [0.3, 0.4) is 0 Å². The number of rotatable bonds is 3. The van der Waals surface area contributed by atoms with Gasteiger partial charge in [-0.3, -0.25) is 8.80 Å². The summed E-state index contributed by atoms with van der Waals surface area (Å²) in [7, 11) is 0. The highest BCUT2D eigenvalue weighted by Crippen LogP contribution is 2.43. The highest BCUT2D eigenvalue weighted by Gasteiger charge is 2.24. The van der Waals surface area contributed by atoms with Crippen LogP contribution in [0.2, 0.25) is 0 Å². The lowest BCUT2D eigenvalue weighted by molar-refractivity contribution is 0.484. The van der Waals surface area contributed by atoms with Crippen molar-refractivity contribution < 1.29 is 4.74 Å². The van der Waals surface area contributed by atoms with Gasteiger partial charge in [-0.05, 0) is 64.9 Å². The second-order valence-electron chi connectivity index (χ2n) is 13.4. The third-order valence-electron chi connectivity index (χ3n) is 9.53. The van der Waals surface area contributed by atoms with Crippen molar-refractivity contribution in [1.29, 1.82) is 0 Å². The average Bonchev–Trinajstić information content (AvgIpc) is 3.78. The van der Waals surface area contributed by atoms with Crippen molar-refractivity contribution in [2.75, 3.05) is 0 Å². The van der Waals surface area contributed by atoms with Gasteiger partial charge in [-0.15, -0.1) is 0 Å². The topological polar surface area (TPSA) is 56.7 Å². The number of hydrogen-bond donors (Lipinski definition) is 0. The molecule has 0 N–H and O–H groups in total. The molecule has 0 fully saturated rings. The van der Waals surface area contributed by atoms with E-state index in [9.17, 15) is 0 Å². The Morgan fingerprint density at radius 1 is 0.596 bits per heavy atom. The van der Waals surface area contributed by atoms with Gasteiger partial charge in [0.25, 0.3) is 0 Å². The lowest BCUT2D eigenvalue weighted by Crippen LogP contribution is -2.11. The van der Waals surface area contributed by atoms with Crippen LogP contribution in [0.4, 0.5) is 0 Å². The van der Waals surface area contributed by atoms with E-state index in [-0.39, 0.29) is 5.41 Å². The summed E-state index contributed by atoms with van der Waals surface area (Å²) in [5.74, 6) is 1.52. The molecule has 6 heteroatoms. The van der Waals surface area contributed by atoms with E-state index in [4.69, 9.17) is 19.7 Å². The summed E-state index contributed by atoms with van der Waals surface area (Å²) in [6.07, 6.45) is 5.85. The van der Waals surface area contributed by atoms with E-state index in [1.54, 1.807) is 0 Å². The molecule has 0 aliphatic heterocycles. The van der Waals surface area contributed by atoms with Gasteiger partial charge in [0.15, 0.2) is 0 Å². The minimum atomic E-state index is -0.0110. The lowest BCUT2D eigenvalue weighted by Gasteiger charge is -2.20. The molecule has 6 nitrogen and oxygen atoms in total. The zero-order chi connectivity index (χ0) is 31.4. The summed E-state index contributed by atoms with van der Waals surface area (Å²) in [5, 5.41) is 8.05. The number of para-hydroxylation sites is 1. The molecule has 0 atom stereocenters. The van der Waals surface area contributed by atoms with E-state index >= 15 is 0 Å². The smallest absolute Gasteiger partial charge is 0.147 e. The number of pyridine rings is 3. The fourth-order valence-electron chi connectivity index (χ4n) is 7.46. The van der Waals surface area contributed by atoms with Gasteiger partial charge >= 0.3 is 0 Å². The first-order valence-electron chi connectivity index (χ1n) is 15.9. The molecule has 0 aliphatic carbocycles. The third kappa shape index (κ3) is 3.69. The summed E-state index contributed by atoms with van der Waals surface area (Å²) >= 11 is 0. The Hall–Kier alpha value is -6.01. The monoisotopic (exact) mass is 607 g/mol. The average molecular weight is 608 g/mol. The van der Waals surface area contributed by atoms with Crippen molar-refractivity contribution in [2.45, 2.75) is 26.2 Å². The van der Waals surface area contributed by atoms with Gasteiger partial charge in [-0.1, -0.05) is 69.3 Å². The normalized spacial score (nSPS) is 12.6. The van der Waals surface area contributed by atoms with Crippen molar-refractivity contribution in [2.24, 2.45) is 0 Å². The molecule has 10 aromatic rings. The zero-order valence-corrected chi connectivity index (χ0v) is 26.2. The van der Waals surface area contributed by atoms with Crippen molar-refractivity contribution in [3.63, 3.8) is 0 Å². The van der Waals surface area contributed by atoms with E-state index in [1.807, 2.05) is 42.7 Å². The van der Waals surface area contributed by atoms with E-state index in [0.717, 1.165) is 61.4 Å². The van der Waals surface area contributed by atoms with E-state index < -0.39 is 0 Å². The fraction of sp³-hybridized carbons (Fsp3) is 0.0976. The highest BCUT2D eigenvalue weighted by molar-refractivity contribution is 6.23. The molecule has 6 aromatic heterocycles. The van der Waals surface area contributed by atoms with Crippen molar-refractivity contribution >= 4 is 65.7 Å². The summed E-state index contributed by atoms with van der Waals surface area (Å²) in [5.41, 5.74) is 8.27. The predicted molar refractivity (Wildman–Crippen MR) is 191 cm³/mol. The molecule has 0 saturated carbocycles. The van der Waals surface area contributed by atoms with Gasteiger partial charge < -0.3 is 4.74 Å². The first kappa shape index (κ1) is 26.2. The second-order valence-corrected chi connectivity index (χ2v) is 13.4. The van der Waals surface area contributed by atoms with Gasteiger partial charge in [0.05, 0.1) is 16.7 Å². The molecule has 0 saturated heterocycles. The molecule has 0 radical (unpaired) electrons. The van der Waals surface area contributed by atoms with Crippen LogP contribution < -0.4 is 4.74 Å². The molecule has 10 rings (SSSR count). The maximum Gasteiger partial charge on any atom is 0.147 e. The van der Waals surface area contributed by atoms with Crippen LogP contribution in [-0.4, -0.2) is 23.8 Å². The highest BCUT2D eigenvalue weighted by atomic mass is 16.5. The van der Waals surface area contributed by atoms with Crippen LogP contribution in [0.5, 0.6) is 11.5 Å². The lowest BCUT2D eigenvalue weighted by atomic mass is 9.85. The minimum absolute atomic E-state index is 0.0110. The molecule has 6 heterocycles. The maximum absolute atomic E-state index is 6.64. The van der Waals surface area contributed by atoms with Gasteiger partial charge in [-0.2, -0.15) is 0 Å². The van der Waals surface area contributed by atoms with E-state index in [2.05, 4.69) is 109 Å². The Labute approximate surface area is 269 Å². The standard InChI is InChI=1S/C41H29N5O/c1-41(2,3)33-18-20-43-40-36(33)31-12-7-11-29-28-17-15-26(22-35(28)46(40)37(29)31)47-25-14-16-27-30-13-8-19-42-38(30)45-23-34(24-9-5-4-6-10-24)44-39(45)32(27)21-25/h4-23H,1-3H3. The number of aromatic nitrogens is 5. The van der Waals surface area contributed by atoms with Crippen molar-refractivity contribution in [3.05, 3.63) is 127 Å². The van der Waals surface area contributed by atoms with Crippen LogP contribution in [0.1, 0.15) is 26.3 Å². The molecule has 0 aliphatic rings. The SMILES string of the molecule is CC(C)(C)c1ccnc2c1c1cccc3c4ccc(Oc5ccc6c7cccnc7n7cc(-c8ccccc8)nc7c6c5)cc4n2c31. The summed E-state index contributed by atoms with van der Waals surface area (Å²) in [6.45, 7) is 6.80. The molecular weight excluding hydrogens is 578 g/mol. The molecule has 4 aromatic carbocycles. The third-order valence-corrected chi connectivity index (χ3v) is 9.53. The zero-order valence-electron chi connectivity index (χ0n) is 26.2. The molecular formula is C41H29N5O. The van der Waals surface area contributed by atoms with E-state index in [0.29, 0.717) is 0 Å². The Bertz CT molecular complexity index is 2860. The Kier molecular flexibility index (Phi) is 5.17. The summed E-state index contributed by atoms with van der Waals surface area (Å²) in [4.78, 5) is 14.8. The van der Waals surface area contributed by atoms with Crippen LogP contribution in [-0.2, 0) is 5.41 Å². The summed E-state index contributed by atoms with van der Waals surface area (Å²) < 4.78 is 11.0. The number of fused-ring (bicyclic) bond motifs is 12. The molecule has 0 bridgehead atoms. The molecule has 0 unspecified atom stereocenters. The second kappa shape index (κ2) is 9.27. The van der Waals surface area contributed by atoms with Gasteiger partial charge in [0.2, 0.25) is 0 Å².